The minimum absolute atomic E-state index is 0.626. The van der Waals surface area contributed by atoms with E-state index in [1.54, 1.807) is 17.5 Å². The molecule has 14 heavy (non-hydrogen) atoms. The summed E-state index contributed by atoms with van der Waals surface area (Å²) in [6, 6.07) is 4.05. The lowest BCUT2D eigenvalue weighted by Crippen LogP contribution is -1.93. The average molecular weight is 205 g/mol. The normalized spacial score (nSPS) is 10.4. The van der Waals surface area contributed by atoms with Crippen LogP contribution in [-0.4, -0.2) is 11.6 Å². The molecule has 2 nitrogen and oxygen atoms in total. The third-order valence-electron chi connectivity index (χ3n) is 1.96. The van der Waals surface area contributed by atoms with Gasteiger partial charge in [-0.15, -0.1) is 11.3 Å². The van der Waals surface area contributed by atoms with Crippen LogP contribution >= 0.6 is 11.3 Å². The van der Waals surface area contributed by atoms with Gasteiger partial charge in [0.15, 0.2) is 0 Å². The summed E-state index contributed by atoms with van der Waals surface area (Å²) in [5.74, 6) is 0.650. The monoisotopic (exact) mass is 205 g/mol. The Bertz CT molecular complexity index is 461. The number of thiophene rings is 1. The van der Waals surface area contributed by atoms with E-state index in [-0.39, 0.29) is 0 Å². The quantitative estimate of drug-likeness (QED) is 0.717. The maximum absolute atomic E-state index is 5.35. The Morgan fingerprint density at radius 2 is 2.43 bits per heavy atom. The molecule has 0 bridgehead atoms. The molecule has 72 valence electrons. The highest BCUT2D eigenvalue weighted by atomic mass is 32.1. The molecule has 0 atom stereocenters. The van der Waals surface area contributed by atoms with E-state index in [9.17, 15) is 0 Å². The summed E-state index contributed by atoms with van der Waals surface area (Å²) in [6.07, 6.45) is 1.79. The zero-order chi connectivity index (χ0) is 9.97. The van der Waals surface area contributed by atoms with Crippen molar-refractivity contribution in [1.82, 2.24) is 4.98 Å². The van der Waals surface area contributed by atoms with Crippen LogP contribution in [0.2, 0.25) is 0 Å². The fraction of sp³-hybridized carbons (Fsp3) is 0.182. The molecule has 0 spiro atoms. The van der Waals surface area contributed by atoms with Gasteiger partial charge in [0, 0.05) is 16.3 Å². The molecular weight excluding hydrogens is 194 g/mol. The smallest absolute Gasteiger partial charge is 0.138 e. The van der Waals surface area contributed by atoms with E-state index < -0.39 is 0 Å². The van der Waals surface area contributed by atoms with E-state index in [2.05, 4.69) is 16.9 Å². The van der Waals surface area contributed by atoms with Crippen molar-refractivity contribution in [1.29, 1.82) is 0 Å². The largest absolute Gasteiger partial charge is 0.492 e. The number of fused-ring (bicyclic) bond motifs is 1. The summed E-state index contributed by atoms with van der Waals surface area (Å²) >= 11 is 1.70. The van der Waals surface area contributed by atoms with Gasteiger partial charge in [0.1, 0.15) is 11.5 Å². The molecule has 0 saturated heterocycles. The Morgan fingerprint density at radius 1 is 1.57 bits per heavy atom. The molecule has 2 heterocycles. The van der Waals surface area contributed by atoms with Crippen LogP contribution in [0.25, 0.3) is 15.8 Å². The number of hydrogen-bond donors (Lipinski definition) is 0. The number of aromatic nitrogens is 1. The first-order valence-corrected chi connectivity index (χ1v) is 5.35. The summed E-state index contributed by atoms with van der Waals surface area (Å²) in [7, 11) is 0. The molecule has 0 unspecified atom stereocenters. The number of ether oxygens (including phenoxy) is 1. The van der Waals surface area contributed by atoms with Crippen LogP contribution in [0.3, 0.4) is 0 Å². The maximum Gasteiger partial charge on any atom is 0.138 e. The van der Waals surface area contributed by atoms with Gasteiger partial charge in [-0.1, -0.05) is 6.58 Å². The fourth-order valence-electron chi connectivity index (χ4n) is 1.36. The van der Waals surface area contributed by atoms with Gasteiger partial charge in [-0.05, 0) is 24.4 Å². The van der Waals surface area contributed by atoms with Gasteiger partial charge in [-0.25, -0.2) is 0 Å². The van der Waals surface area contributed by atoms with Crippen molar-refractivity contribution in [2.75, 3.05) is 6.61 Å². The molecule has 0 N–H and O–H groups in total. The highest BCUT2D eigenvalue weighted by Gasteiger charge is 2.06. The second-order valence-corrected chi connectivity index (χ2v) is 3.80. The van der Waals surface area contributed by atoms with E-state index in [1.807, 2.05) is 19.1 Å². The van der Waals surface area contributed by atoms with Crippen LogP contribution in [0.1, 0.15) is 12.6 Å². The van der Waals surface area contributed by atoms with Crippen LogP contribution in [0.4, 0.5) is 0 Å². The van der Waals surface area contributed by atoms with Crippen molar-refractivity contribution >= 4 is 27.2 Å². The van der Waals surface area contributed by atoms with E-state index >= 15 is 0 Å². The van der Waals surface area contributed by atoms with E-state index in [0.717, 1.165) is 11.1 Å². The van der Waals surface area contributed by atoms with Gasteiger partial charge in [0.05, 0.1) is 6.61 Å². The Hall–Kier alpha value is -1.35. The van der Waals surface area contributed by atoms with Crippen LogP contribution in [0.15, 0.2) is 30.3 Å². The Balaban J connectivity index is 2.50. The molecule has 2 aromatic heterocycles. The van der Waals surface area contributed by atoms with Crippen molar-refractivity contribution in [3.63, 3.8) is 0 Å². The molecule has 3 heteroatoms. The van der Waals surface area contributed by atoms with E-state index in [1.165, 1.54) is 4.70 Å². The molecule has 0 aliphatic carbocycles. The second-order valence-electron chi connectivity index (χ2n) is 2.85. The number of hydrogen-bond acceptors (Lipinski definition) is 3. The average Bonchev–Trinajstić information content (AvgIpc) is 2.65. The van der Waals surface area contributed by atoms with Crippen molar-refractivity contribution in [3.8, 4) is 0 Å². The minimum atomic E-state index is 0.626. The van der Waals surface area contributed by atoms with Gasteiger partial charge in [0.25, 0.3) is 0 Å². The summed E-state index contributed by atoms with van der Waals surface area (Å²) in [6.45, 7) is 6.43. The zero-order valence-corrected chi connectivity index (χ0v) is 8.80. The summed E-state index contributed by atoms with van der Waals surface area (Å²) in [4.78, 5) is 4.28. The van der Waals surface area contributed by atoms with Gasteiger partial charge in [0.2, 0.25) is 0 Å². The van der Waals surface area contributed by atoms with E-state index in [4.69, 9.17) is 4.74 Å². The van der Waals surface area contributed by atoms with Crippen LogP contribution in [-0.2, 0) is 4.74 Å². The lowest BCUT2D eigenvalue weighted by atomic mass is 10.2. The molecule has 0 aliphatic rings. The molecule has 0 aliphatic heterocycles. The first kappa shape index (κ1) is 9.21. The number of rotatable bonds is 3. The molecule has 0 fully saturated rings. The SMILES string of the molecule is C=C(OCC)c1nccc2sccc12. The third kappa shape index (κ3) is 1.51. The number of nitrogens with zero attached hydrogens (tertiary/aromatic N) is 1. The molecule has 0 amide bonds. The van der Waals surface area contributed by atoms with Crippen LogP contribution in [0, 0.1) is 0 Å². The Kier molecular flexibility index (Phi) is 2.50. The minimum Gasteiger partial charge on any atom is -0.492 e. The van der Waals surface area contributed by atoms with Crippen molar-refractivity contribution < 1.29 is 4.74 Å². The van der Waals surface area contributed by atoms with Crippen LogP contribution < -0.4 is 0 Å². The second kappa shape index (κ2) is 3.80. The Labute approximate surface area is 86.9 Å². The lowest BCUT2D eigenvalue weighted by Gasteiger charge is -2.06. The number of pyridine rings is 1. The first-order chi connectivity index (χ1) is 6.83. The fourth-order valence-corrected chi connectivity index (χ4v) is 2.14. The maximum atomic E-state index is 5.35. The highest BCUT2D eigenvalue weighted by molar-refractivity contribution is 7.17. The van der Waals surface area contributed by atoms with Gasteiger partial charge < -0.3 is 4.74 Å². The Morgan fingerprint density at radius 3 is 3.21 bits per heavy atom. The first-order valence-electron chi connectivity index (χ1n) is 4.47. The van der Waals surface area contributed by atoms with Crippen LogP contribution in [0.5, 0.6) is 0 Å². The van der Waals surface area contributed by atoms with Crippen molar-refractivity contribution in [2.45, 2.75) is 6.92 Å². The molecular formula is C11H11NOS. The van der Waals surface area contributed by atoms with Crippen molar-refractivity contribution in [2.24, 2.45) is 0 Å². The predicted octanol–water partition coefficient (Wildman–Crippen LogP) is 3.30. The van der Waals surface area contributed by atoms with Gasteiger partial charge >= 0.3 is 0 Å². The van der Waals surface area contributed by atoms with Crippen molar-refractivity contribution in [3.05, 3.63) is 36.0 Å². The zero-order valence-electron chi connectivity index (χ0n) is 7.99. The molecule has 2 aromatic rings. The predicted molar refractivity (Wildman–Crippen MR) is 60.3 cm³/mol. The molecule has 0 aromatic carbocycles. The summed E-state index contributed by atoms with van der Waals surface area (Å²) in [5.41, 5.74) is 0.852. The molecule has 2 rings (SSSR count). The standard InChI is InChI=1S/C11H11NOS/c1-3-13-8(2)11-9-5-7-14-10(9)4-6-12-11/h4-7H,2-3H2,1H3. The lowest BCUT2D eigenvalue weighted by molar-refractivity contribution is 0.298. The third-order valence-corrected chi connectivity index (χ3v) is 2.84. The van der Waals surface area contributed by atoms with Gasteiger partial charge in [-0.2, -0.15) is 0 Å². The molecule has 0 saturated carbocycles. The molecule has 0 radical (unpaired) electrons. The topological polar surface area (TPSA) is 22.1 Å². The summed E-state index contributed by atoms with van der Waals surface area (Å²) in [5, 5.41) is 3.17. The highest BCUT2D eigenvalue weighted by Crippen LogP contribution is 2.26. The van der Waals surface area contributed by atoms with E-state index in [0.29, 0.717) is 12.4 Å². The summed E-state index contributed by atoms with van der Waals surface area (Å²) < 4.78 is 6.57. The van der Waals surface area contributed by atoms with Gasteiger partial charge in [-0.3, -0.25) is 4.98 Å².